The van der Waals surface area contributed by atoms with Gasteiger partial charge in [-0.25, -0.2) is 4.79 Å². The van der Waals surface area contributed by atoms with E-state index in [9.17, 15) is 9.90 Å². The predicted octanol–water partition coefficient (Wildman–Crippen LogP) is 4.49. The molecule has 1 aliphatic rings. The molecule has 0 spiro atoms. The smallest absolute Gasteiger partial charge is 0.335 e. The van der Waals surface area contributed by atoms with Gasteiger partial charge in [0.25, 0.3) is 0 Å². The largest absolute Gasteiger partial charge is 0.478 e. The van der Waals surface area contributed by atoms with E-state index in [-0.39, 0.29) is 10.2 Å². The molecule has 1 N–H and O–H groups in total. The lowest BCUT2D eigenvalue weighted by Gasteiger charge is -2.48. The number of aromatic carboxylic acids is 1. The first-order valence-corrected chi connectivity index (χ1v) is 7.47. The van der Waals surface area contributed by atoms with Crippen molar-refractivity contribution >= 4 is 17.7 Å². The van der Waals surface area contributed by atoms with Gasteiger partial charge >= 0.3 is 5.97 Å². The lowest BCUT2D eigenvalue weighted by atomic mass is 9.67. The molecule has 2 nitrogen and oxygen atoms in total. The van der Waals surface area contributed by atoms with E-state index < -0.39 is 5.97 Å². The van der Waals surface area contributed by atoms with Crippen LogP contribution in [0, 0.1) is 12.8 Å². The lowest BCUT2D eigenvalue weighted by molar-refractivity contribution is 0.0695. The van der Waals surface area contributed by atoms with Crippen LogP contribution in [0.4, 0.5) is 0 Å². The van der Waals surface area contributed by atoms with Crippen LogP contribution in [0.3, 0.4) is 0 Å². The standard InChI is InChI=1S/C16H22O2S/c1-9-11(14(17)18)7-8-12-13(9)15(3,4)10(2)16(5,6)19-12/h7-8,10H,1-6H3,(H,17,18). The zero-order valence-corrected chi connectivity index (χ0v) is 13.3. The van der Waals surface area contributed by atoms with Crippen LogP contribution in [0.5, 0.6) is 0 Å². The maximum absolute atomic E-state index is 11.3. The van der Waals surface area contributed by atoms with Crippen LogP contribution < -0.4 is 0 Å². The third kappa shape index (κ3) is 2.08. The second kappa shape index (κ2) is 4.27. The molecule has 0 fully saturated rings. The summed E-state index contributed by atoms with van der Waals surface area (Å²) in [6.07, 6.45) is 0. The highest BCUT2D eigenvalue weighted by atomic mass is 32.2. The van der Waals surface area contributed by atoms with E-state index in [1.165, 1.54) is 10.5 Å². The third-order valence-electron chi connectivity index (χ3n) is 4.80. The number of carboxylic acid groups (broad SMARTS) is 1. The van der Waals surface area contributed by atoms with Crippen molar-refractivity contribution in [3.63, 3.8) is 0 Å². The van der Waals surface area contributed by atoms with Crippen LogP contribution in [0.1, 0.15) is 56.1 Å². The second-order valence-corrected chi connectivity index (χ2v) is 8.26. The molecule has 1 aliphatic heterocycles. The van der Waals surface area contributed by atoms with Gasteiger partial charge < -0.3 is 5.11 Å². The van der Waals surface area contributed by atoms with Crippen molar-refractivity contribution < 1.29 is 9.90 Å². The molecule has 0 aromatic heterocycles. The second-order valence-electron chi connectivity index (χ2n) is 6.57. The summed E-state index contributed by atoms with van der Waals surface area (Å²) < 4.78 is 0.160. The zero-order chi connectivity index (χ0) is 14.6. The summed E-state index contributed by atoms with van der Waals surface area (Å²) in [7, 11) is 0. The summed E-state index contributed by atoms with van der Waals surface area (Å²) in [5.74, 6) is -0.362. The van der Waals surface area contributed by atoms with Gasteiger partial charge in [0, 0.05) is 9.64 Å². The summed E-state index contributed by atoms with van der Waals surface area (Å²) in [6.45, 7) is 13.2. The Morgan fingerprint density at radius 3 is 2.37 bits per heavy atom. The summed E-state index contributed by atoms with van der Waals surface area (Å²) in [6, 6.07) is 3.72. The predicted molar refractivity (Wildman–Crippen MR) is 80.3 cm³/mol. The molecule has 19 heavy (non-hydrogen) atoms. The minimum Gasteiger partial charge on any atom is -0.478 e. The van der Waals surface area contributed by atoms with Crippen molar-refractivity contribution in [2.75, 3.05) is 0 Å². The Balaban J connectivity index is 2.73. The summed E-state index contributed by atoms with van der Waals surface area (Å²) in [5, 5.41) is 9.30. The van der Waals surface area contributed by atoms with Crippen molar-refractivity contribution in [2.24, 2.45) is 5.92 Å². The van der Waals surface area contributed by atoms with Crippen molar-refractivity contribution in [3.8, 4) is 0 Å². The molecule has 0 aliphatic carbocycles. The number of thioether (sulfide) groups is 1. The van der Waals surface area contributed by atoms with E-state index in [1.807, 2.05) is 24.8 Å². The van der Waals surface area contributed by atoms with E-state index in [0.29, 0.717) is 11.5 Å². The molecule has 1 atom stereocenters. The first-order chi connectivity index (χ1) is 8.59. The Morgan fingerprint density at radius 1 is 1.26 bits per heavy atom. The molecule has 0 bridgehead atoms. The Bertz CT molecular complexity index is 544. The average molecular weight is 278 g/mol. The van der Waals surface area contributed by atoms with Gasteiger partial charge in [-0.05, 0) is 41.5 Å². The fourth-order valence-corrected chi connectivity index (χ4v) is 4.95. The number of hydrogen-bond acceptors (Lipinski definition) is 2. The Kier molecular flexibility index (Phi) is 3.25. The number of fused-ring (bicyclic) bond motifs is 1. The summed E-state index contributed by atoms with van der Waals surface area (Å²) in [5.41, 5.74) is 2.55. The van der Waals surface area contributed by atoms with Crippen LogP contribution in [-0.2, 0) is 5.41 Å². The first kappa shape index (κ1) is 14.4. The highest BCUT2D eigenvalue weighted by Crippen LogP contribution is 2.55. The van der Waals surface area contributed by atoms with E-state index in [1.54, 1.807) is 6.07 Å². The third-order valence-corrected chi connectivity index (χ3v) is 6.24. The SMILES string of the molecule is Cc1c(C(=O)O)ccc2c1C(C)(C)C(C)C(C)(C)S2. The van der Waals surface area contributed by atoms with Crippen LogP contribution in [0.2, 0.25) is 0 Å². The molecule has 3 heteroatoms. The first-order valence-electron chi connectivity index (χ1n) is 6.65. The maximum Gasteiger partial charge on any atom is 0.335 e. The average Bonchev–Trinajstić information content (AvgIpc) is 2.25. The minimum atomic E-state index is -0.835. The van der Waals surface area contributed by atoms with Crippen LogP contribution >= 0.6 is 11.8 Å². The topological polar surface area (TPSA) is 37.3 Å². The van der Waals surface area contributed by atoms with Crippen molar-refractivity contribution in [1.29, 1.82) is 0 Å². The number of hydrogen-bond donors (Lipinski definition) is 1. The van der Waals surface area contributed by atoms with E-state index in [2.05, 4.69) is 34.6 Å². The number of benzene rings is 1. The molecule has 0 saturated heterocycles. The molecule has 2 rings (SSSR count). The Labute approximate surface area is 119 Å². The normalized spacial score (nSPS) is 23.8. The van der Waals surface area contributed by atoms with Gasteiger partial charge in [-0.15, -0.1) is 11.8 Å². The number of carboxylic acids is 1. The number of rotatable bonds is 1. The fourth-order valence-electron chi connectivity index (χ4n) is 3.26. The van der Waals surface area contributed by atoms with Crippen LogP contribution in [-0.4, -0.2) is 15.8 Å². The molecule has 0 amide bonds. The Morgan fingerprint density at radius 2 is 1.84 bits per heavy atom. The zero-order valence-electron chi connectivity index (χ0n) is 12.5. The van der Waals surface area contributed by atoms with Gasteiger partial charge in [-0.1, -0.05) is 34.6 Å². The molecule has 1 heterocycles. The fraction of sp³-hybridized carbons (Fsp3) is 0.562. The molecule has 104 valence electrons. The molecule has 0 radical (unpaired) electrons. The molecule has 1 unspecified atom stereocenters. The highest BCUT2D eigenvalue weighted by molar-refractivity contribution is 8.00. The maximum atomic E-state index is 11.3. The van der Waals surface area contributed by atoms with E-state index >= 15 is 0 Å². The van der Waals surface area contributed by atoms with Gasteiger partial charge in [0.15, 0.2) is 0 Å². The van der Waals surface area contributed by atoms with Crippen LogP contribution in [0.15, 0.2) is 17.0 Å². The summed E-state index contributed by atoms with van der Waals surface area (Å²) >= 11 is 1.87. The minimum absolute atomic E-state index is 0.0143. The van der Waals surface area contributed by atoms with Crippen molar-refractivity contribution in [3.05, 3.63) is 28.8 Å². The van der Waals surface area contributed by atoms with Crippen LogP contribution in [0.25, 0.3) is 0 Å². The van der Waals surface area contributed by atoms with Gasteiger partial charge in [-0.3, -0.25) is 0 Å². The Hall–Kier alpha value is -0.960. The summed E-state index contributed by atoms with van der Waals surface area (Å²) in [4.78, 5) is 12.6. The van der Waals surface area contributed by atoms with Crippen molar-refractivity contribution in [1.82, 2.24) is 0 Å². The molecule has 0 saturated carbocycles. The van der Waals surface area contributed by atoms with E-state index in [4.69, 9.17) is 0 Å². The van der Waals surface area contributed by atoms with Gasteiger partial charge in [0.2, 0.25) is 0 Å². The van der Waals surface area contributed by atoms with Gasteiger partial charge in [0.05, 0.1) is 5.56 Å². The monoisotopic (exact) mass is 278 g/mol. The molecule has 1 aromatic carbocycles. The molecule has 1 aromatic rings. The van der Waals surface area contributed by atoms with Gasteiger partial charge in [-0.2, -0.15) is 0 Å². The molecular formula is C16H22O2S. The molecular weight excluding hydrogens is 256 g/mol. The lowest BCUT2D eigenvalue weighted by Crippen LogP contribution is -2.44. The van der Waals surface area contributed by atoms with Gasteiger partial charge in [0.1, 0.15) is 0 Å². The quantitative estimate of drug-likeness (QED) is 0.822. The highest BCUT2D eigenvalue weighted by Gasteiger charge is 2.45. The number of carbonyl (C=O) groups is 1. The van der Waals surface area contributed by atoms with E-state index in [0.717, 1.165) is 5.56 Å². The van der Waals surface area contributed by atoms with Crippen molar-refractivity contribution in [2.45, 2.75) is 56.6 Å².